The molecule has 2 saturated heterocycles. The third-order valence-electron chi connectivity index (χ3n) is 18.5. The molecule has 0 bridgehead atoms. The Bertz CT molecular complexity index is 2580. The number of carbonyl (C=O) groups is 11. The Morgan fingerprint density at radius 3 is 1.50 bits per heavy atom. The van der Waals surface area contributed by atoms with Crippen molar-refractivity contribution in [3.8, 4) is 0 Å². The molecule has 538 valence electrons. The van der Waals surface area contributed by atoms with E-state index >= 15 is 19.2 Å². The Labute approximate surface area is 568 Å². The first-order chi connectivity index (χ1) is 43.7. The lowest BCUT2D eigenvalue weighted by atomic mass is 9.91. The van der Waals surface area contributed by atoms with E-state index in [-0.39, 0.29) is 55.8 Å². The topological polar surface area (TPSA) is 282 Å². The molecule has 0 aromatic heterocycles. The average Bonchev–Trinajstić information content (AvgIpc) is 0.758. The summed E-state index contributed by atoms with van der Waals surface area (Å²) in [5.74, 6) is -9.44. The molecule has 2 aliphatic rings. The highest BCUT2D eigenvalue weighted by atomic mass is 32.2. The van der Waals surface area contributed by atoms with Gasteiger partial charge in [0.2, 0.25) is 59.1 Å². The van der Waals surface area contributed by atoms with Crippen molar-refractivity contribution in [2.24, 2.45) is 41.4 Å². The highest BCUT2D eigenvalue weighted by Crippen LogP contribution is 2.40. The van der Waals surface area contributed by atoms with Crippen molar-refractivity contribution >= 4 is 76.7 Å². The first-order valence-electron chi connectivity index (χ1n) is 34.4. The summed E-state index contributed by atoms with van der Waals surface area (Å²) in [5, 5.41) is 23.6. The van der Waals surface area contributed by atoms with E-state index in [9.17, 15) is 38.7 Å². The summed E-state index contributed by atoms with van der Waals surface area (Å²) in [6.45, 7) is 32.0. The van der Waals surface area contributed by atoms with Crippen molar-refractivity contribution in [2.45, 2.75) is 241 Å². The van der Waals surface area contributed by atoms with Gasteiger partial charge in [-0.1, -0.05) is 116 Å². The van der Waals surface area contributed by atoms with Gasteiger partial charge in [0, 0.05) is 61.6 Å². The Morgan fingerprint density at radius 2 is 1.01 bits per heavy atom. The van der Waals surface area contributed by atoms with Crippen molar-refractivity contribution in [2.75, 3.05) is 81.3 Å². The molecule has 2 heterocycles. The standard InChI is InChI=1S/C69H124N12O12S/c1-25-27-31-47(15)58(83)57-62(87)72-50(26-2)64(89)74(18)40-55(82)75(19)51(36-41(3)4)61(86)73-56(45(11)12)67(92)76(20)52(37-42(5)6)60(85)70-48(16)59(84)71-49(17)63(88)77(21)53(38-43(7)8)65(90)78(22)54(39-44(9)10)66(91)80(24)69(46(13)14,68(93)79(57)23)94-35-34-81-32-29-28-30-33-81/h25,27,41-54,56-58,83H,26,28-40H2,1-24H3,(H,70,85)(H,71,84)(H,72,87)(H,73,86)/b27-25+/t47-,48+,49-,50+,51+,52+,53+,54+,56+,57+,58-,69+/m1/s1. The van der Waals surface area contributed by atoms with Gasteiger partial charge in [0.25, 0.3) is 5.91 Å². The SMILES string of the molecule is C/C=C/C[C@@H](C)[C@@H](O)[C@H]1C(=O)N[C@@H](CC)C(=O)N(C)CC(=O)N(C)[C@@H](CC(C)C)C(=O)N[C@@H](C(C)C)C(=O)N(C)[C@@H](CC(C)C)C(=O)N[C@@H](C)C(=O)N[C@H](C)C(=O)N(C)[C@@H](CC(C)C)C(=O)N(C)[C@@H](CC(C)C)C(=O)N(C)[C@](SCCN2CCCCC2)(C(C)C)C(=O)N1C. The number of carbonyl (C=O) groups excluding carboxylic acids is 11. The van der Waals surface area contributed by atoms with Crippen LogP contribution in [-0.2, 0) is 52.7 Å². The molecule has 12 atom stereocenters. The summed E-state index contributed by atoms with van der Waals surface area (Å²) in [6, 6.07) is -11.2. The van der Waals surface area contributed by atoms with E-state index in [1.54, 1.807) is 33.8 Å². The van der Waals surface area contributed by atoms with Crippen molar-refractivity contribution in [1.29, 1.82) is 0 Å². The number of aliphatic hydroxyl groups is 1. The van der Waals surface area contributed by atoms with Crippen LogP contribution in [0.15, 0.2) is 12.2 Å². The van der Waals surface area contributed by atoms with Gasteiger partial charge in [0.1, 0.15) is 54.4 Å². The van der Waals surface area contributed by atoms with Gasteiger partial charge >= 0.3 is 0 Å². The first-order valence-corrected chi connectivity index (χ1v) is 35.4. The number of piperidine rings is 1. The number of aliphatic hydroxyl groups excluding tert-OH is 1. The highest BCUT2D eigenvalue weighted by molar-refractivity contribution is 8.01. The molecule has 2 fully saturated rings. The molecule has 2 aliphatic heterocycles. The largest absolute Gasteiger partial charge is 0.390 e. The number of amides is 11. The molecular formula is C69H124N12O12S. The van der Waals surface area contributed by atoms with E-state index in [0.717, 1.165) is 37.3 Å². The molecule has 5 N–H and O–H groups in total. The fourth-order valence-corrected chi connectivity index (χ4v) is 14.0. The van der Waals surface area contributed by atoms with Crippen LogP contribution in [0.5, 0.6) is 0 Å². The first kappa shape index (κ1) is 84.3. The molecule has 0 aromatic rings. The third-order valence-corrected chi connectivity index (χ3v) is 20.2. The zero-order chi connectivity index (χ0) is 72.1. The molecule has 0 radical (unpaired) electrons. The summed E-state index contributed by atoms with van der Waals surface area (Å²) in [7, 11) is 10.2. The minimum atomic E-state index is -1.80. The molecule has 24 nitrogen and oxygen atoms in total. The van der Waals surface area contributed by atoms with Gasteiger partial charge in [0.05, 0.1) is 12.6 Å². The Morgan fingerprint density at radius 1 is 0.543 bits per heavy atom. The maximum atomic E-state index is 16.3. The minimum absolute atomic E-state index is 0.0166. The molecule has 94 heavy (non-hydrogen) atoms. The van der Waals surface area contributed by atoms with Crippen LogP contribution in [0.1, 0.15) is 175 Å². The fourth-order valence-electron chi connectivity index (χ4n) is 12.4. The number of allylic oxidation sites excluding steroid dienone is 2. The van der Waals surface area contributed by atoms with E-state index in [0.29, 0.717) is 18.7 Å². The van der Waals surface area contributed by atoms with E-state index in [1.165, 1.54) is 104 Å². The number of nitrogens with zero attached hydrogens (tertiary/aromatic N) is 8. The van der Waals surface area contributed by atoms with Gasteiger partial charge in [-0.25, -0.2) is 0 Å². The van der Waals surface area contributed by atoms with Gasteiger partial charge in [-0.2, -0.15) is 0 Å². The van der Waals surface area contributed by atoms with Gasteiger partial charge in [0.15, 0.2) is 4.87 Å². The second-order valence-corrected chi connectivity index (χ2v) is 30.2. The number of thioether (sulfide) groups is 1. The van der Waals surface area contributed by atoms with Crippen LogP contribution in [0, 0.1) is 41.4 Å². The average molecular weight is 1350 g/mol. The third kappa shape index (κ3) is 22.9. The summed E-state index contributed by atoms with van der Waals surface area (Å²) < 4.78 is 0. The van der Waals surface area contributed by atoms with Gasteiger partial charge < -0.3 is 65.6 Å². The van der Waals surface area contributed by atoms with Crippen LogP contribution >= 0.6 is 11.8 Å². The molecule has 0 spiro atoms. The van der Waals surface area contributed by atoms with Crippen LogP contribution in [0.3, 0.4) is 0 Å². The zero-order valence-electron chi connectivity index (χ0n) is 61.8. The second-order valence-electron chi connectivity index (χ2n) is 28.9. The van der Waals surface area contributed by atoms with Crippen LogP contribution < -0.4 is 21.3 Å². The highest BCUT2D eigenvalue weighted by Gasteiger charge is 2.54. The van der Waals surface area contributed by atoms with E-state index in [1.807, 2.05) is 82.2 Å². The summed E-state index contributed by atoms with van der Waals surface area (Å²) >= 11 is 1.25. The lowest BCUT2D eigenvalue weighted by Gasteiger charge is -2.48. The molecule has 0 aliphatic carbocycles. The quantitative estimate of drug-likeness (QED) is 0.109. The Hall–Kier alpha value is -5.82. The van der Waals surface area contributed by atoms with E-state index in [4.69, 9.17) is 0 Å². The maximum absolute atomic E-state index is 16.3. The monoisotopic (exact) mass is 1340 g/mol. The second kappa shape index (κ2) is 38.8. The van der Waals surface area contributed by atoms with E-state index < -0.39 is 155 Å². The van der Waals surface area contributed by atoms with Crippen LogP contribution in [-0.4, -0.2) is 256 Å². The van der Waals surface area contributed by atoms with Crippen molar-refractivity contribution in [1.82, 2.24) is 60.5 Å². The van der Waals surface area contributed by atoms with Crippen molar-refractivity contribution in [3.63, 3.8) is 0 Å². The van der Waals surface area contributed by atoms with Crippen LogP contribution in [0.2, 0.25) is 0 Å². The number of nitrogens with one attached hydrogen (secondary N) is 4. The van der Waals surface area contributed by atoms with Gasteiger partial charge in [-0.05, 0) is 127 Å². The van der Waals surface area contributed by atoms with Crippen molar-refractivity contribution < 1.29 is 57.8 Å². The summed E-state index contributed by atoms with van der Waals surface area (Å²) in [5.41, 5.74) is 0. The van der Waals surface area contributed by atoms with Crippen LogP contribution in [0.4, 0.5) is 0 Å². The summed E-state index contributed by atoms with van der Waals surface area (Å²) in [6.07, 6.45) is 6.12. The molecular weight excluding hydrogens is 1220 g/mol. The van der Waals surface area contributed by atoms with Crippen molar-refractivity contribution in [3.05, 3.63) is 12.2 Å². The number of hydrogen-bond donors (Lipinski definition) is 5. The Kier molecular flexibility index (Phi) is 34.8. The Balaban J connectivity index is 3.13. The number of likely N-dealkylation sites (tertiary alicyclic amines) is 1. The number of hydrogen-bond acceptors (Lipinski definition) is 14. The van der Waals surface area contributed by atoms with Crippen LogP contribution in [0.25, 0.3) is 0 Å². The number of rotatable bonds is 19. The smallest absolute Gasteiger partial charge is 0.259 e. The van der Waals surface area contributed by atoms with Gasteiger partial charge in [-0.3, -0.25) is 52.7 Å². The molecule has 25 heteroatoms. The maximum Gasteiger partial charge on any atom is 0.259 e. The molecule has 11 amide bonds. The predicted octanol–water partition coefficient (Wildman–Crippen LogP) is 4.82. The van der Waals surface area contributed by atoms with Gasteiger partial charge in [-0.15, -0.1) is 11.8 Å². The fraction of sp³-hybridized carbons (Fsp3) is 0.812. The zero-order valence-corrected chi connectivity index (χ0v) is 62.6. The number of likely N-dealkylation sites (N-methyl/N-ethyl adjacent to an activating group) is 7. The molecule has 0 unspecified atom stereocenters. The van der Waals surface area contributed by atoms with E-state index in [2.05, 4.69) is 26.2 Å². The molecule has 2 rings (SSSR count). The normalized spacial score (nSPS) is 27.5. The minimum Gasteiger partial charge on any atom is -0.390 e. The molecule has 0 aromatic carbocycles. The lowest BCUT2D eigenvalue weighted by Crippen LogP contribution is -2.68. The molecule has 0 saturated carbocycles. The predicted molar refractivity (Wildman–Crippen MR) is 370 cm³/mol. The lowest BCUT2D eigenvalue weighted by molar-refractivity contribution is -0.159. The summed E-state index contributed by atoms with van der Waals surface area (Å²) in [4.78, 5) is 174.